The fraction of sp³-hybridized carbons (Fsp3) is 0.562. The Morgan fingerprint density at radius 3 is 2.06 bits per heavy atom. The van der Waals surface area contributed by atoms with E-state index in [2.05, 4.69) is 36.6 Å². The van der Waals surface area contributed by atoms with Crippen LogP contribution in [-0.2, 0) is 32.1 Å². The molecule has 1 aromatic carbocycles. The summed E-state index contributed by atoms with van der Waals surface area (Å²) in [6, 6.07) is 3.39. The Bertz CT molecular complexity index is 1460. The number of nitrogens with two attached hydrogens (primary N) is 4. The Morgan fingerprint density at radius 1 is 0.860 bits per heavy atom. The van der Waals surface area contributed by atoms with Crippen molar-refractivity contribution in [3.05, 3.63) is 46.7 Å². The summed E-state index contributed by atoms with van der Waals surface area (Å²) in [5, 5.41) is 19.5. The van der Waals surface area contributed by atoms with Crippen LogP contribution in [0.2, 0.25) is 5.02 Å². The van der Waals surface area contributed by atoms with Crippen molar-refractivity contribution in [1.82, 2.24) is 36.3 Å². The first-order valence-corrected chi connectivity index (χ1v) is 16.9. The monoisotopic (exact) mass is 718 g/mol. The molecule has 0 fully saturated rings. The third-order valence-electron chi connectivity index (χ3n) is 7.42. The maximum Gasteiger partial charge on any atom is 0.274 e. The van der Waals surface area contributed by atoms with Gasteiger partial charge in [-0.25, -0.2) is 4.68 Å². The number of halogens is 1. The molecule has 0 saturated carbocycles. The van der Waals surface area contributed by atoms with Crippen molar-refractivity contribution in [3.8, 4) is 0 Å². The average molecular weight is 719 g/mol. The first kappa shape index (κ1) is 41.4. The standard InChI is InChI=1S/C32H51ClN12O5/c1-18(2)12-23(28(35)47)41-30(49)25(14-20-7-9-21(33)10-8-20)42-31(50)26-17-45(44-43-26)16-22(6-5-11-38-32(36)37)39-29(48)24(13-19(3)4)40-27(46)15-34/h7-10,17-19,22-25H,5-6,11-16,34H2,1-4H3,(H2,35,47)(H,39,48)(H,40,46)(H,41,49)(H,42,50)(H4,36,37,38)/t22-,23-,24-,25-/m0/s1. The van der Waals surface area contributed by atoms with E-state index < -0.39 is 53.7 Å². The molecule has 18 heteroatoms. The fourth-order valence-electron chi connectivity index (χ4n) is 5.02. The summed E-state index contributed by atoms with van der Waals surface area (Å²) < 4.78 is 1.39. The van der Waals surface area contributed by atoms with E-state index in [0.717, 1.165) is 0 Å². The Morgan fingerprint density at radius 2 is 1.48 bits per heavy atom. The number of hydrogen-bond donors (Lipinski definition) is 8. The number of nitrogens with zero attached hydrogens (tertiary/aromatic N) is 4. The maximum absolute atomic E-state index is 13.4. The summed E-state index contributed by atoms with van der Waals surface area (Å²) in [5.74, 6) is -2.76. The minimum atomic E-state index is -1.10. The number of benzene rings is 1. The zero-order valence-electron chi connectivity index (χ0n) is 29.0. The van der Waals surface area contributed by atoms with Crippen molar-refractivity contribution in [1.29, 1.82) is 0 Å². The second kappa shape index (κ2) is 20.7. The van der Waals surface area contributed by atoms with Crippen LogP contribution in [0.5, 0.6) is 0 Å². The molecule has 5 amide bonds. The smallest absolute Gasteiger partial charge is 0.274 e. The van der Waals surface area contributed by atoms with Gasteiger partial charge in [0.05, 0.1) is 19.3 Å². The number of rotatable bonds is 21. The van der Waals surface area contributed by atoms with Gasteiger partial charge < -0.3 is 44.2 Å². The predicted octanol–water partition coefficient (Wildman–Crippen LogP) is -0.683. The van der Waals surface area contributed by atoms with Gasteiger partial charge in [-0.15, -0.1) is 5.10 Å². The second-order valence-corrected chi connectivity index (χ2v) is 13.3. The molecule has 1 aromatic heterocycles. The Labute approximate surface area is 297 Å². The Balaban J connectivity index is 2.26. The van der Waals surface area contributed by atoms with Crippen LogP contribution < -0.4 is 44.2 Å². The van der Waals surface area contributed by atoms with E-state index in [-0.39, 0.29) is 43.0 Å². The molecule has 0 spiro atoms. The maximum atomic E-state index is 13.4. The highest BCUT2D eigenvalue weighted by molar-refractivity contribution is 6.30. The summed E-state index contributed by atoms with van der Waals surface area (Å²) >= 11 is 6.02. The molecule has 0 saturated heterocycles. The molecular formula is C32H51ClN12O5. The molecule has 4 atom stereocenters. The fourth-order valence-corrected chi connectivity index (χ4v) is 5.14. The molecule has 0 bridgehead atoms. The number of aromatic nitrogens is 3. The van der Waals surface area contributed by atoms with Crippen molar-refractivity contribution in [3.63, 3.8) is 0 Å². The van der Waals surface area contributed by atoms with Crippen LogP contribution in [0.25, 0.3) is 0 Å². The number of primary amides is 1. The van der Waals surface area contributed by atoms with Crippen LogP contribution >= 0.6 is 11.6 Å². The molecule has 12 N–H and O–H groups in total. The van der Waals surface area contributed by atoms with Gasteiger partial charge in [-0.2, -0.15) is 0 Å². The Kier molecular flexibility index (Phi) is 17.1. The number of guanidine groups is 1. The molecule has 0 radical (unpaired) electrons. The van der Waals surface area contributed by atoms with Crippen molar-refractivity contribution in [2.75, 3.05) is 13.1 Å². The van der Waals surface area contributed by atoms with Gasteiger partial charge in [-0.05, 0) is 55.2 Å². The highest BCUT2D eigenvalue weighted by atomic mass is 35.5. The van der Waals surface area contributed by atoms with E-state index in [4.69, 9.17) is 34.5 Å². The predicted molar refractivity (Wildman–Crippen MR) is 189 cm³/mol. The lowest BCUT2D eigenvalue weighted by Gasteiger charge is -2.24. The van der Waals surface area contributed by atoms with Gasteiger partial charge in [0.1, 0.15) is 18.1 Å². The molecule has 0 aliphatic rings. The number of hydrogen-bond acceptors (Lipinski definition) is 9. The third kappa shape index (κ3) is 15.2. The summed E-state index contributed by atoms with van der Waals surface area (Å²) in [7, 11) is 0. The molecule has 2 rings (SSSR count). The van der Waals surface area contributed by atoms with E-state index in [1.54, 1.807) is 24.3 Å². The number of amides is 5. The van der Waals surface area contributed by atoms with Gasteiger partial charge in [0.15, 0.2) is 11.7 Å². The number of carbonyl (C=O) groups excluding carboxylic acids is 5. The van der Waals surface area contributed by atoms with Gasteiger partial charge in [0.25, 0.3) is 5.91 Å². The summed E-state index contributed by atoms with van der Waals surface area (Å²) in [6.45, 7) is 7.79. The normalized spacial score (nSPS) is 13.5. The van der Waals surface area contributed by atoms with Crippen LogP contribution in [-0.4, -0.2) is 87.7 Å². The molecule has 50 heavy (non-hydrogen) atoms. The molecule has 1 heterocycles. The summed E-state index contributed by atoms with van der Waals surface area (Å²) in [4.78, 5) is 68.2. The van der Waals surface area contributed by atoms with Crippen LogP contribution in [0.4, 0.5) is 0 Å². The molecule has 2 aromatic rings. The zero-order valence-corrected chi connectivity index (χ0v) is 29.8. The van der Waals surface area contributed by atoms with E-state index in [0.29, 0.717) is 42.8 Å². The molecule has 276 valence electrons. The van der Waals surface area contributed by atoms with Crippen LogP contribution in [0, 0.1) is 11.8 Å². The molecular weight excluding hydrogens is 668 g/mol. The van der Waals surface area contributed by atoms with E-state index >= 15 is 0 Å². The van der Waals surface area contributed by atoms with Crippen molar-refractivity contribution in [2.24, 2.45) is 39.8 Å². The largest absolute Gasteiger partial charge is 0.370 e. The highest BCUT2D eigenvalue weighted by Gasteiger charge is 2.28. The zero-order chi connectivity index (χ0) is 37.4. The second-order valence-electron chi connectivity index (χ2n) is 12.9. The molecule has 0 aliphatic heterocycles. The van der Waals surface area contributed by atoms with E-state index in [1.165, 1.54) is 10.9 Å². The minimum absolute atomic E-state index is 0.0628. The van der Waals surface area contributed by atoms with Crippen molar-refractivity contribution in [2.45, 2.75) is 90.5 Å². The quantitative estimate of drug-likeness (QED) is 0.0457. The Hall–Kier alpha value is -4.77. The van der Waals surface area contributed by atoms with Gasteiger partial charge in [0, 0.05) is 24.0 Å². The van der Waals surface area contributed by atoms with E-state index in [9.17, 15) is 24.0 Å². The minimum Gasteiger partial charge on any atom is -0.370 e. The summed E-state index contributed by atoms with van der Waals surface area (Å²) in [6.07, 6.45) is 3.09. The van der Waals surface area contributed by atoms with Gasteiger partial charge in [-0.1, -0.05) is 56.6 Å². The van der Waals surface area contributed by atoms with Crippen LogP contribution in [0.3, 0.4) is 0 Å². The van der Waals surface area contributed by atoms with E-state index in [1.807, 2.05) is 27.7 Å². The lowest BCUT2D eigenvalue weighted by molar-refractivity contribution is -0.129. The number of carbonyl (C=O) groups is 5. The molecule has 17 nitrogen and oxygen atoms in total. The van der Waals surface area contributed by atoms with Crippen LogP contribution in [0.15, 0.2) is 35.5 Å². The number of nitrogens with one attached hydrogen (secondary N) is 4. The SMILES string of the molecule is CC(C)C[C@H](NC(=O)[C@H](Cc1ccc(Cl)cc1)NC(=O)c1cn(C[C@H](CCCN=C(N)N)NC(=O)[C@H](CC(C)C)NC(=O)CN)nn1)C(N)=O. The van der Waals surface area contributed by atoms with Gasteiger partial charge in [0.2, 0.25) is 23.6 Å². The molecule has 0 unspecified atom stereocenters. The topological polar surface area (TPSA) is 281 Å². The van der Waals surface area contributed by atoms with Gasteiger partial charge in [-0.3, -0.25) is 29.0 Å². The summed E-state index contributed by atoms with van der Waals surface area (Å²) in [5.41, 5.74) is 22.5. The lowest BCUT2D eigenvalue weighted by Crippen LogP contribution is -2.54. The first-order valence-electron chi connectivity index (χ1n) is 16.5. The number of aliphatic imine (C=N–C) groups is 1. The highest BCUT2D eigenvalue weighted by Crippen LogP contribution is 2.13. The first-order chi connectivity index (χ1) is 23.6. The lowest BCUT2D eigenvalue weighted by atomic mass is 10.0. The van der Waals surface area contributed by atoms with Crippen LogP contribution in [0.1, 0.15) is 69.4 Å². The van der Waals surface area contributed by atoms with Gasteiger partial charge >= 0.3 is 0 Å². The third-order valence-corrected chi connectivity index (χ3v) is 7.67. The van der Waals surface area contributed by atoms with Crippen molar-refractivity contribution < 1.29 is 24.0 Å². The molecule has 0 aliphatic carbocycles. The average Bonchev–Trinajstić information content (AvgIpc) is 3.51. The van der Waals surface area contributed by atoms with Crippen molar-refractivity contribution >= 4 is 47.1 Å².